The molecule has 1 aliphatic rings. The van der Waals surface area contributed by atoms with Crippen molar-refractivity contribution in [3.05, 3.63) is 26.9 Å². The number of aryl methyl sites for hydroxylation is 1. The lowest BCUT2D eigenvalue weighted by molar-refractivity contribution is -0.0812. The summed E-state index contributed by atoms with van der Waals surface area (Å²) in [5.41, 5.74) is 0.171. The first kappa shape index (κ1) is 17.3. The highest BCUT2D eigenvalue weighted by Crippen LogP contribution is 2.31. The van der Waals surface area contributed by atoms with Crippen molar-refractivity contribution in [3.63, 3.8) is 0 Å². The smallest absolute Gasteiger partial charge is 0.254 e. The molecular weight excluding hydrogens is 312 g/mol. The van der Waals surface area contributed by atoms with Crippen LogP contribution in [-0.2, 0) is 14.2 Å². The molecule has 0 saturated carbocycles. The van der Waals surface area contributed by atoms with Gasteiger partial charge in [-0.25, -0.2) is 0 Å². The molecule has 1 saturated heterocycles. The zero-order chi connectivity index (χ0) is 16.3. The lowest BCUT2D eigenvalue weighted by atomic mass is 10.1. The number of aromatic amines is 1. The van der Waals surface area contributed by atoms with Gasteiger partial charge in [0.15, 0.2) is 11.0 Å². The summed E-state index contributed by atoms with van der Waals surface area (Å²) in [7, 11) is 1.54. The summed E-state index contributed by atoms with van der Waals surface area (Å²) in [6.07, 6.45) is -1.73. The van der Waals surface area contributed by atoms with Gasteiger partial charge in [-0.2, -0.15) is 0 Å². The van der Waals surface area contributed by atoms with Crippen LogP contribution in [0.15, 0.2) is 11.0 Å². The molecule has 0 radical (unpaired) electrons. The van der Waals surface area contributed by atoms with Crippen LogP contribution in [-0.4, -0.2) is 65.0 Å². The maximum atomic E-state index is 11.6. The molecule has 0 spiro atoms. The average Bonchev–Trinajstić information content (AvgIpc) is 2.80. The van der Waals surface area contributed by atoms with Crippen molar-refractivity contribution in [3.8, 4) is 0 Å². The number of aromatic nitrogens is 2. The predicted octanol–water partition coefficient (Wildman–Crippen LogP) is -0.503. The highest BCUT2D eigenvalue weighted by atomic mass is 32.1. The SMILES string of the molecule is COCCO[C@@H]1[C@@H](O)[C@@H](CO)O[C@H]1n1cc(C)c(=O)[nH]c1=S. The minimum Gasteiger partial charge on any atom is -0.394 e. The van der Waals surface area contributed by atoms with Gasteiger partial charge >= 0.3 is 0 Å². The summed E-state index contributed by atoms with van der Waals surface area (Å²) in [6.45, 7) is 1.90. The average molecular weight is 332 g/mol. The largest absolute Gasteiger partial charge is 0.394 e. The molecule has 0 aromatic carbocycles. The van der Waals surface area contributed by atoms with E-state index in [1.54, 1.807) is 20.2 Å². The number of H-pyrrole nitrogens is 1. The maximum Gasteiger partial charge on any atom is 0.254 e. The van der Waals surface area contributed by atoms with Crippen LogP contribution in [0.4, 0.5) is 0 Å². The number of aliphatic hydroxyl groups is 2. The van der Waals surface area contributed by atoms with Crippen molar-refractivity contribution < 1.29 is 24.4 Å². The van der Waals surface area contributed by atoms with E-state index in [4.69, 9.17) is 26.4 Å². The van der Waals surface area contributed by atoms with Gasteiger partial charge < -0.3 is 24.4 Å². The van der Waals surface area contributed by atoms with E-state index in [9.17, 15) is 15.0 Å². The molecule has 1 aromatic rings. The molecule has 9 heteroatoms. The van der Waals surface area contributed by atoms with Gasteiger partial charge in [0.05, 0.1) is 19.8 Å². The molecule has 22 heavy (non-hydrogen) atoms. The number of aliphatic hydroxyl groups excluding tert-OH is 2. The third kappa shape index (κ3) is 3.45. The zero-order valence-electron chi connectivity index (χ0n) is 12.4. The first-order valence-corrected chi connectivity index (χ1v) is 7.27. The van der Waals surface area contributed by atoms with Gasteiger partial charge in [-0.3, -0.25) is 14.3 Å². The van der Waals surface area contributed by atoms with Gasteiger partial charge in [0.2, 0.25) is 0 Å². The van der Waals surface area contributed by atoms with Crippen molar-refractivity contribution in [1.29, 1.82) is 0 Å². The van der Waals surface area contributed by atoms with Gasteiger partial charge in [0, 0.05) is 18.9 Å². The summed E-state index contributed by atoms with van der Waals surface area (Å²) < 4.78 is 17.8. The second-order valence-electron chi connectivity index (χ2n) is 5.05. The fourth-order valence-corrected chi connectivity index (χ4v) is 2.57. The first-order valence-electron chi connectivity index (χ1n) is 6.86. The van der Waals surface area contributed by atoms with Crippen molar-refractivity contribution in [2.45, 2.75) is 31.5 Å². The van der Waals surface area contributed by atoms with E-state index < -0.39 is 24.5 Å². The first-order chi connectivity index (χ1) is 10.5. The van der Waals surface area contributed by atoms with Crippen molar-refractivity contribution >= 4 is 12.2 Å². The summed E-state index contributed by atoms with van der Waals surface area (Å²) in [6, 6.07) is 0. The number of hydrogen-bond donors (Lipinski definition) is 3. The number of methoxy groups -OCH3 is 1. The van der Waals surface area contributed by atoms with E-state index in [1.807, 2.05) is 0 Å². The molecule has 3 N–H and O–H groups in total. The topological polar surface area (TPSA) is 106 Å². The highest BCUT2D eigenvalue weighted by Gasteiger charge is 2.45. The maximum absolute atomic E-state index is 11.6. The molecule has 124 valence electrons. The van der Waals surface area contributed by atoms with Crippen molar-refractivity contribution in [2.24, 2.45) is 0 Å². The fraction of sp³-hybridized carbons (Fsp3) is 0.692. The zero-order valence-corrected chi connectivity index (χ0v) is 13.2. The molecule has 2 heterocycles. The van der Waals surface area contributed by atoms with Crippen LogP contribution in [0.1, 0.15) is 11.8 Å². The van der Waals surface area contributed by atoms with E-state index >= 15 is 0 Å². The molecule has 8 nitrogen and oxygen atoms in total. The van der Waals surface area contributed by atoms with Crippen molar-refractivity contribution in [1.82, 2.24) is 9.55 Å². The lowest BCUT2D eigenvalue weighted by Gasteiger charge is -2.23. The van der Waals surface area contributed by atoms with E-state index in [1.165, 1.54) is 4.57 Å². The molecule has 1 aromatic heterocycles. The summed E-state index contributed by atoms with van der Waals surface area (Å²) in [5.74, 6) is 0. The number of ether oxygens (including phenoxy) is 3. The van der Waals surface area contributed by atoms with E-state index in [0.29, 0.717) is 12.2 Å². The summed E-state index contributed by atoms with van der Waals surface area (Å²) >= 11 is 5.14. The van der Waals surface area contributed by atoms with Crippen molar-refractivity contribution in [2.75, 3.05) is 26.9 Å². The Morgan fingerprint density at radius 2 is 2.23 bits per heavy atom. The molecule has 0 aliphatic carbocycles. The molecule has 1 aliphatic heterocycles. The fourth-order valence-electron chi connectivity index (χ4n) is 2.32. The van der Waals surface area contributed by atoms with Gasteiger partial charge in [-0.05, 0) is 19.1 Å². The number of nitrogens with zero attached hydrogens (tertiary/aromatic N) is 1. The molecule has 2 rings (SSSR count). The molecule has 0 unspecified atom stereocenters. The van der Waals surface area contributed by atoms with Gasteiger partial charge in [-0.1, -0.05) is 0 Å². The van der Waals surface area contributed by atoms with Crippen LogP contribution >= 0.6 is 12.2 Å². The van der Waals surface area contributed by atoms with Crippen LogP contribution in [0.2, 0.25) is 0 Å². The quantitative estimate of drug-likeness (QED) is 0.476. The molecular formula is C13H20N2O6S. The van der Waals surface area contributed by atoms with Gasteiger partial charge in [0.1, 0.15) is 18.3 Å². The minimum absolute atomic E-state index is 0.159. The molecule has 0 bridgehead atoms. The Morgan fingerprint density at radius 3 is 2.86 bits per heavy atom. The Bertz CT molecular complexity index is 615. The second kappa shape index (κ2) is 7.44. The number of nitrogens with one attached hydrogen (secondary N) is 1. The van der Waals surface area contributed by atoms with Gasteiger partial charge in [-0.15, -0.1) is 0 Å². The molecule has 4 atom stereocenters. The third-order valence-corrected chi connectivity index (χ3v) is 3.82. The Morgan fingerprint density at radius 1 is 1.50 bits per heavy atom. The Hall–Kier alpha value is -1.10. The molecule has 1 fully saturated rings. The van der Waals surface area contributed by atoms with Gasteiger partial charge in [0.25, 0.3) is 5.56 Å². The van der Waals surface area contributed by atoms with Crippen LogP contribution in [0.3, 0.4) is 0 Å². The summed E-state index contributed by atoms with van der Waals surface area (Å²) in [5, 5.41) is 19.5. The Balaban J connectivity index is 2.31. The summed E-state index contributed by atoms with van der Waals surface area (Å²) in [4.78, 5) is 14.1. The van der Waals surface area contributed by atoms with Crippen LogP contribution in [0.5, 0.6) is 0 Å². The number of hydrogen-bond acceptors (Lipinski definition) is 7. The minimum atomic E-state index is -1.01. The third-order valence-electron chi connectivity index (χ3n) is 3.51. The highest BCUT2D eigenvalue weighted by molar-refractivity contribution is 7.71. The van der Waals surface area contributed by atoms with E-state index in [2.05, 4.69) is 4.98 Å². The second-order valence-corrected chi connectivity index (χ2v) is 5.43. The Labute approximate surface area is 132 Å². The standard InChI is InChI=1S/C13H20N2O6S/c1-7-5-15(13(22)14-11(7)18)12-10(20-4-3-19-2)9(17)8(6-16)21-12/h5,8-10,12,16-17H,3-4,6H2,1-2H3,(H,14,18,22)/t8-,9+,10-,12-/m1/s1. The van der Waals surface area contributed by atoms with E-state index in [-0.39, 0.29) is 23.5 Å². The number of rotatable bonds is 6. The predicted molar refractivity (Wildman–Crippen MR) is 79.2 cm³/mol. The molecule has 0 amide bonds. The van der Waals surface area contributed by atoms with E-state index in [0.717, 1.165) is 0 Å². The van der Waals surface area contributed by atoms with Crippen LogP contribution < -0.4 is 5.56 Å². The van der Waals surface area contributed by atoms with Crippen LogP contribution in [0, 0.1) is 11.7 Å². The van der Waals surface area contributed by atoms with Crippen LogP contribution in [0.25, 0.3) is 0 Å². The normalized spacial score (nSPS) is 28.2. The monoisotopic (exact) mass is 332 g/mol. The lowest BCUT2D eigenvalue weighted by Crippen LogP contribution is -2.36. The Kier molecular flexibility index (Phi) is 5.84.